The quantitative estimate of drug-likeness (QED) is 0.840. The molecule has 102 valence electrons. The van der Waals surface area contributed by atoms with E-state index < -0.39 is 0 Å². The summed E-state index contributed by atoms with van der Waals surface area (Å²) in [7, 11) is 0. The molecule has 0 aliphatic carbocycles. The fourth-order valence-corrected chi connectivity index (χ4v) is 2.06. The first kappa shape index (κ1) is 13.5. The Balaban J connectivity index is 2.11. The van der Waals surface area contributed by atoms with E-state index in [9.17, 15) is 0 Å². The second kappa shape index (κ2) is 5.78. The molecule has 2 aromatic rings. The van der Waals surface area contributed by atoms with Gasteiger partial charge < -0.3 is 10.5 Å². The van der Waals surface area contributed by atoms with Crippen molar-refractivity contribution >= 4 is 5.69 Å². The molecule has 0 atom stereocenters. The Kier molecular flexibility index (Phi) is 4.10. The maximum atomic E-state index is 5.86. The monoisotopic (exact) mass is 259 g/mol. The number of hydrogen-bond donors (Lipinski definition) is 1. The molecule has 1 heterocycles. The third-order valence-electron chi connectivity index (χ3n) is 3.15. The molecule has 0 spiro atoms. The van der Waals surface area contributed by atoms with Crippen molar-refractivity contribution in [2.45, 2.75) is 40.3 Å². The van der Waals surface area contributed by atoms with Crippen molar-refractivity contribution in [2.75, 3.05) is 5.73 Å². The molecular formula is C15H21N3O. The van der Waals surface area contributed by atoms with E-state index in [1.165, 1.54) is 0 Å². The second-order valence-electron chi connectivity index (χ2n) is 4.61. The number of nitrogens with zero attached hydrogens (tertiary/aromatic N) is 2. The van der Waals surface area contributed by atoms with E-state index in [-0.39, 0.29) is 0 Å². The molecule has 0 bridgehead atoms. The highest BCUT2D eigenvalue weighted by Gasteiger charge is 2.07. The van der Waals surface area contributed by atoms with Crippen LogP contribution in [0.5, 0.6) is 5.75 Å². The Morgan fingerprint density at radius 3 is 2.68 bits per heavy atom. The van der Waals surface area contributed by atoms with Crippen molar-refractivity contribution < 1.29 is 4.74 Å². The van der Waals surface area contributed by atoms with Gasteiger partial charge in [-0.1, -0.05) is 6.92 Å². The molecule has 0 saturated carbocycles. The molecule has 0 aliphatic heterocycles. The lowest BCUT2D eigenvalue weighted by Gasteiger charge is -2.10. The third-order valence-corrected chi connectivity index (χ3v) is 3.15. The number of ether oxygens (including phenoxy) is 1. The molecule has 0 aliphatic rings. The number of aromatic nitrogens is 2. The average molecular weight is 259 g/mol. The lowest BCUT2D eigenvalue weighted by atomic mass is 10.2. The van der Waals surface area contributed by atoms with Crippen molar-refractivity contribution in [3.63, 3.8) is 0 Å². The van der Waals surface area contributed by atoms with Gasteiger partial charge in [-0.2, -0.15) is 5.10 Å². The fourth-order valence-electron chi connectivity index (χ4n) is 2.06. The van der Waals surface area contributed by atoms with Crippen LogP contribution in [0.3, 0.4) is 0 Å². The SMILES string of the molecule is CCc1cc(COc2ccc(N)cc2C)n(CC)n1. The Morgan fingerprint density at radius 2 is 2.05 bits per heavy atom. The third kappa shape index (κ3) is 3.08. The minimum Gasteiger partial charge on any atom is -0.487 e. The zero-order valence-corrected chi connectivity index (χ0v) is 11.8. The number of aryl methyl sites for hydroxylation is 3. The Bertz CT molecular complexity index is 561. The highest BCUT2D eigenvalue weighted by Crippen LogP contribution is 2.21. The van der Waals surface area contributed by atoms with Crippen molar-refractivity contribution in [3.05, 3.63) is 41.2 Å². The van der Waals surface area contributed by atoms with Crippen LogP contribution in [0.15, 0.2) is 24.3 Å². The molecule has 0 radical (unpaired) electrons. The molecule has 2 N–H and O–H groups in total. The number of nitrogens with two attached hydrogens (primary N) is 1. The summed E-state index contributed by atoms with van der Waals surface area (Å²) >= 11 is 0. The van der Waals surface area contributed by atoms with Gasteiger partial charge in [-0.15, -0.1) is 0 Å². The first-order valence-corrected chi connectivity index (χ1v) is 6.68. The summed E-state index contributed by atoms with van der Waals surface area (Å²) < 4.78 is 7.85. The number of anilines is 1. The van der Waals surface area contributed by atoms with Crippen LogP contribution in [-0.2, 0) is 19.6 Å². The zero-order chi connectivity index (χ0) is 13.8. The summed E-state index contributed by atoms with van der Waals surface area (Å²) in [5.41, 5.74) is 9.76. The highest BCUT2D eigenvalue weighted by atomic mass is 16.5. The van der Waals surface area contributed by atoms with Crippen LogP contribution in [0.4, 0.5) is 5.69 Å². The zero-order valence-electron chi connectivity index (χ0n) is 11.8. The van der Waals surface area contributed by atoms with Crippen LogP contribution in [0.2, 0.25) is 0 Å². The first-order chi connectivity index (χ1) is 9.13. The minimum atomic E-state index is 0.533. The van der Waals surface area contributed by atoms with Gasteiger partial charge in [0.15, 0.2) is 0 Å². The van der Waals surface area contributed by atoms with Crippen LogP contribution >= 0.6 is 0 Å². The van der Waals surface area contributed by atoms with Gasteiger partial charge in [0.2, 0.25) is 0 Å². The molecule has 2 rings (SSSR count). The maximum absolute atomic E-state index is 5.86. The van der Waals surface area contributed by atoms with E-state index in [1.54, 1.807) is 0 Å². The van der Waals surface area contributed by atoms with Gasteiger partial charge in [0.25, 0.3) is 0 Å². The van der Waals surface area contributed by atoms with Crippen molar-refractivity contribution in [1.29, 1.82) is 0 Å². The van der Waals surface area contributed by atoms with Gasteiger partial charge in [-0.25, -0.2) is 0 Å². The van der Waals surface area contributed by atoms with Gasteiger partial charge in [-0.05, 0) is 50.1 Å². The van der Waals surface area contributed by atoms with Gasteiger partial charge in [0, 0.05) is 12.2 Å². The maximum Gasteiger partial charge on any atom is 0.130 e. The number of hydrogen-bond acceptors (Lipinski definition) is 3. The highest BCUT2D eigenvalue weighted by molar-refractivity contribution is 5.47. The number of benzene rings is 1. The summed E-state index contributed by atoms with van der Waals surface area (Å²) in [4.78, 5) is 0. The van der Waals surface area contributed by atoms with Crippen molar-refractivity contribution in [3.8, 4) is 5.75 Å². The van der Waals surface area contributed by atoms with E-state index in [2.05, 4.69) is 25.0 Å². The summed E-state index contributed by atoms with van der Waals surface area (Å²) in [6.45, 7) is 7.59. The molecule has 19 heavy (non-hydrogen) atoms. The number of nitrogen functional groups attached to an aromatic ring is 1. The summed E-state index contributed by atoms with van der Waals surface area (Å²) in [5.74, 6) is 0.871. The molecule has 4 heteroatoms. The molecule has 4 nitrogen and oxygen atoms in total. The number of rotatable bonds is 5. The van der Waals surface area contributed by atoms with E-state index in [0.717, 1.165) is 41.4 Å². The van der Waals surface area contributed by atoms with E-state index in [0.29, 0.717) is 6.61 Å². The minimum absolute atomic E-state index is 0.533. The summed E-state index contributed by atoms with van der Waals surface area (Å²) in [5, 5.41) is 4.51. The topological polar surface area (TPSA) is 53.1 Å². The molecule has 0 unspecified atom stereocenters. The molecule has 0 saturated heterocycles. The molecule has 0 fully saturated rings. The normalized spacial score (nSPS) is 10.7. The Labute approximate surface area is 114 Å². The predicted octanol–water partition coefficient (Wildman–Crippen LogP) is 2.94. The Hall–Kier alpha value is -1.97. The van der Waals surface area contributed by atoms with Gasteiger partial charge in [0.05, 0.1) is 11.4 Å². The van der Waals surface area contributed by atoms with Crippen LogP contribution in [0.25, 0.3) is 0 Å². The van der Waals surface area contributed by atoms with E-state index >= 15 is 0 Å². The second-order valence-corrected chi connectivity index (χ2v) is 4.61. The first-order valence-electron chi connectivity index (χ1n) is 6.68. The standard InChI is InChI=1S/C15H21N3O/c1-4-13-9-14(18(5-2)17-13)10-19-15-7-6-12(16)8-11(15)3/h6-9H,4-5,10,16H2,1-3H3. The van der Waals surface area contributed by atoms with Crippen molar-refractivity contribution in [1.82, 2.24) is 9.78 Å². The van der Waals surface area contributed by atoms with Gasteiger partial charge >= 0.3 is 0 Å². The van der Waals surface area contributed by atoms with Gasteiger partial charge in [-0.3, -0.25) is 4.68 Å². The van der Waals surface area contributed by atoms with E-state index in [4.69, 9.17) is 10.5 Å². The Morgan fingerprint density at radius 1 is 1.26 bits per heavy atom. The van der Waals surface area contributed by atoms with Gasteiger partial charge in [0.1, 0.15) is 12.4 Å². The average Bonchev–Trinajstić information content (AvgIpc) is 2.80. The molecule has 0 amide bonds. The summed E-state index contributed by atoms with van der Waals surface area (Å²) in [6.07, 6.45) is 0.945. The lowest BCUT2D eigenvalue weighted by Crippen LogP contribution is -2.06. The lowest BCUT2D eigenvalue weighted by molar-refractivity contribution is 0.290. The fraction of sp³-hybridized carbons (Fsp3) is 0.400. The van der Waals surface area contributed by atoms with Crippen LogP contribution in [0.1, 0.15) is 30.8 Å². The summed E-state index contributed by atoms with van der Waals surface area (Å²) in [6, 6.07) is 7.80. The predicted molar refractivity (Wildman–Crippen MR) is 77.2 cm³/mol. The largest absolute Gasteiger partial charge is 0.487 e. The van der Waals surface area contributed by atoms with Crippen LogP contribution < -0.4 is 10.5 Å². The van der Waals surface area contributed by atoms with Crippen molar-refractivity contribution in [2.24, 2.45) is 0 Å². The van der Waals surface area contributed by atoms with Crippen LogP contribution in [0, 0.1) is 6.92 Å². The molecular weight excluding hydrogens is 238 g/mol. The molecule has 1 aromatic heterocycles. The molecule has 1 aromatic carbocycles. The van der Waals surface area contributed by atoms with E-state index in [1.807, 2.05) is 29.8 Å². The van der Waals surface area contributed by atoms with Crippen LogP contribution in [-0.4, -0.2) is 9.78 Å². The smallest absolute Gasteiger partial charge is 0.130 e.